The molecule has 0 saturated heterocycles. The van der Waals surface area contributed by atoms with Crippen LogP contribution in [0.5, 0.6) is 5.75 Å². The maximum Gasteiger partial charge on any atom is 0.124 e. The van der Waals surface area contributed by atoms with Crippen LogP contribution >= 0.6 is 0 Å². The van der Waals surface area contributed by atoms with E-state index in [0.717, 1.165) is 11.3 Å². The predicted molar refractivity (Wildman–Crippen MR) is 85.2 cm³/mol. The molecule has 0 fully saturated rings. The summed E-state index contributed by atoms with van der Waals surface area (Å²) >= 11 is 0. The Hall–Kier alpha value is -2.17. The predicted octanol–water partition coefficient (Wildman–Crippen LogP) is 3.21. The quantitative estimate of drug-likeness (QED) is 0.736. The van der Waals surface area contributed by atoms with Gasteiger partial charge in [0.05, 0.1) is 6.10 Å². The minimum absolute atomic E-state index is 0.308. The van der Waals surface area contributed by atoms with E-state index < -0.39 is 6.10 Å². The van der Waals surface area contributed by atoms with Crippen LogP contribution in [-0.4, -0.2) is 18.3 Å². The van der Waals surface area contributed by atoms with E-state index >= 15 is 0 Å². The van der Waals surface area contributed by atoms with Crippen molar-refractivity contribution in [1.29, 1.82) is 0 Å². The normalized spacial score (nSPS) is 11.9. The summed E-state index contributed by atoms with van der Waals surface area (Å²) in [5.41, 5.74) is 1.70. The molecule has 0 bridgehead atoms. The first-order valence-electron chi connectivity index (χ1n) is 7.16. The summed E-state index contributed by atoms with van der Waals surface area (Å²) < 4.78 is 18.4. The monoisotopic (exact) mass is 301 g/mol. The van der Waals surface area contributed by atoms with Crippen molar-refractivity contribution in [3.05, 3.63) is 78.1 Å². The maximum absolute atomic E-state index is 12.9. The Morgan fingerprint density at radius 3 is 2.64 bits per heavy atom. The van der Waals surface area contributed by atoms with Gasteiger partial charge in [-0.3, -0.25) is 0 Å². The molecule has 4 heteroatoms. The summed E-state index contributed by atoms with van der Waals surface area (Å²) in [5.74, 6) is 0.489. The van der Waals surface area contributed by atoms with Gasteiger partial charge in [-0.2, -0.15) is 0 Å². The van der Waals surface area contributed by atoms with Crippen molar-refractivity contribution in [2.75, 3.05) is 13.2 Å². The molecule has 1 atom stereocenters. The van der Waals surface area contributed by atoms with E-state index in [-0.39, 0.29) is 5.82 Å². The number of hydrogen-bond donors (Lipinski definition) is 2. The lowest BCUT2D eigenvalue weighted by molar-refractivity contribution is 0.174. The third-order valence-electron chi connectivity index (χ3n) is 3.24. The minimum atomic E-state index is -0.679. The van der Waals surface area contributed by atoms with Gasteiger partial charge in [-0.05, 0) is 23.8 Å². The summed E-state index contributed by atoms with van der Waals surface area (Å²) in [7, 11) is 0. The van der Waals surface area contributed by atoms with Crippen LogP contribution in [0.25, 0.3) is 0 Å². The fourth-order valence-electron chi connectivity index (χ4n) is 2.09. The van der Waals surface area contributed by atoms with Crippen molar-refractivity contribution >= 4 is 0 Å². The topological polar surface area (TPSA) is 41.5 Å². The Kier molecular flexibility index (Phi) is 6.13. The number of rotatable bonds is 8. The highest BCUT2D eigenvalue weighted by atomic mass is 19.1. The molecule has 0 aromatic heterocycles. The Bertz CT molecular complexity index is 598. The summed E-state index contributed by atoms with van der Waals surface area (Å²) in [6.07, 6.45) is 1.02. The van der Waals surface area contributed by atoms with E-state index in [1.807, 2.05) is 24.3 Å². The smallest absolute Gasteiger partial charge is 0.124 e. The Balaban J connectivity index is 1.88. The van der Waals surface area contributed by atoms with E-state index in [9.17, 15) is 9.50 Å². The van der Waals surface area contributed by atoms with Crippen molar-refractivity contribution in [2.24, 2.45) is 0 Å². The lowest BCUT2D eigenvalue weighted by Gasteiger charge is -2.14. The van der Waals surface area contributed by atoms with Gasteiger partial charge in [0.1, 0.15) is 18.2 Å². The van der Waals surface area contributed by atoms with Crippen molar-refractivity contribution in [3.8, 4) is 5.75 Å². The SMILES string of the molecule is C=CCOc1ccccc1CNCC(O)c1ccc(F)cc1. The molecule has 0 aliphatic carbocycles. The molecule has 22 heavy (non-hydrogen) atoms. The molecule has 0 spiro atoms. The fourth-order valence-corrected chi connectivity index (χ4v) is 2.09. The number of nitrogens with one attached hydrogen (secondary N) is 1. The van der Waals surface area contributed by atoms with Crippen LogP contribution in [0, 0.1) is 5.82 Å². The summed E-state index contributed by atoms with van der Waals surface area (Å²) in [6, 6.07) is 13.6. The van der Waals surface area contributed by atoms with Crippen LogP contribution in [0.4, 0.5) is 4.39 Å². The second-order valence-corrected chi connectivity index (χ2v) is 4.91. The molecule has 116 valence electrons. The Labute approximate surface area is 130 Å². The van der Waals surface area contributed by atoms with Gasteiger partial charge < -0.3 is 15.2 Å². The molecule has 0 heterocycles. The average molecular weight is 301 g/mol. The van der Waals surface area contributed by atoms with Gasteiger partial charge in [0.15, 0.2) is 0 Å². The van der Waals surface area contributed by atoms with Crippen molar-refractivity contribution < 1.29 is 14.2 Å². The number of aliphatic hydroxyl groups excluding tert-OH is 1. The first-order valence-corrected chi connectivity index (χ1v) is 7.16. The molecular weight excluding hydrogens is 281 g/mol. The highest BCUT2D eigenvalue weighted by Gasteiger charge is 2.08. The molecule has 0 aliphatic heterocycles. The number of benzene rings is 2. The third kappa shape index (κ3) is 4.69. The third-order valence-corrected chi connectivity index (χ3v) is 3.24. The van der Waals surface area contributed by atoms with Gasteiger partial charge in [-0.1, -0.05) is 43.0 Å². The molecule has 1 unspecified atom stereocenters. The van der Waals surface area contributed by atoms with Crippen LogP contribution in [-0.2, 0) is 6.54 Å². The number of ether oxygens (including phenoxy) is 1. The number of hydrogen-bond acceptors (Lipinski definition) is 3. The molecule has 2 rings (SSSR count). The second kappa shape index (κ2) is 8.32. The van der Waals surface area contributed by atoms with Crippen molar-refractivity contribution in [3.63, 3.8) is 0 Å². The van der Waals surface area contributed by atoms with E-state index in [0.29, 0.717) is 25.3 Å². The summed E-state index contributed by atoms with van der Waals surface area (Å²) in [4.78, 5) is 0. The number of para-hydroxylation sites is 1. The van der Waals surface area contributed by atoms with Crippen LogP contribution < -0.4 is 10.1 Å². The minimum Gasteiger partial charge on any atom is -0.489 e. The maximum atomic E-state index is 12.9. The molecule has 0 amide bonds. The van der Waals surface area contributed by atoms with Crippen molar-refractivity contribution in [1.82, 2.24) is 5.32 Å². The van der Waals surface area contributed by atoms with Gasteiger partial charge in [-0.25, -0.2) is 4.39 Å². The van der Waals surface area contributed by atoms with Gasteiger partial charge >= 0.3 is 0 Å². The second-order valence-electron chi connectivity index (χ2n) is 4.91. The largest absolute Gasteiger partial charge is 0.489 e. The standard InChI is InChI=1S/C18H20FNO2/c1-2-11-22-18-6-4-3-5-15(18)12-20-13-17(21)14-7-9-16(19)10-8-14/h2-10,17,20-21H,1,11-13H2. The molecular formula is C18H20FNO2. The molecule has 2 N–H and O–H groups in total. The zero-order valence-electron chi connectivity index (χ0n) is 12.3. The van der Waals surface area contributed by atoms with Crippen LogP contribution in [0.15, 0.2) is 61.2 Å². The van der Waals surface area contributed by atoms with E-state index in [4.69, 9.17) is 4.74 Å². The highest BCUT2D eigenvalue weighted by Crippen LogP contribution is 2.18. The molecule has 0 aliphatic rings. The number of aliphatic hydroxyl groups is 1. The Morgan fingerprint density at radius 2 is 1.91 bits per heavy atom. The van der Waals surface area contributed by atoms with Gasteiger partial charge in [0.2, 0.25) is 0 Å². The lowest BCUT2D eigenvalue weighted by atomic mass is 10.1. The lowest BCUT2D eigenvalue weighted by Crippen LogP contribution is -2.21. The Morgan fingerprint density at radius 1 is 1.18 bits per heavy atom. The van der Waals surface area contributed by atoms with E-state index in [1.165, 1.54) is 12.1 Å². The zero-order valence-corrected chi connectivity index (χ0v) is 12.3. The molecule has 3 nitrogen and oxygen atoms in total. The van der Waals surface area contributed by atoms with Gasteiger partial charge in [-0.15, -0.1) is 0 Å². The molecule has 0 saturated carbocycles. The van der Waals surface area contributed by atoms with Crippen LogP contribution in [0.3, 0.4) is 0 Å². The summed E-state index contributed by atoms with van der Waals surface area (Å²) in [5, 5.41) is 13.3. The van der Waals surface area contributed by atoms with Crippen LogP contribution in [0.1, 0.15) is 17.2 Å². The number of halogens is 1. The zero-order chi connectivity index (χ0) is 15.8. The van der Waals surface area contributed by atoms with Gasteiger partial charge in [0.25, 0.3) is 0 Å². The fraction of sp³-hybridized carbons (Fsp3) is 0.222. The first kappa shape index (κ1) is 16.2. The molecule has 2 aromatic rings. The van der Waals surface area contributed by atoms with E-state index in [1.54, 1.807) is 18.2 Å². The van der Waals surface area contributed by atoms with E-state index in [2.05, 4.69) is 11.9 Å². The summed E-state index contributed by atoms with van der Waals surface area (Å²) in [6.45, 7) is 5.04. The van der Waals surface area contributed by atoms with Gasteiger partial charge in [0, 0.05) is 18.7 Å². The first-order chi connectivity index (χ1) is 10.7. The molecule has 0 radical (unpaired) electrons. The average Bonchev–Trinajstić information content (AvgIpc) is 2.54. The van der Waals surface area contributed by atoms with Crippen molar-refractivity contribution in [2.45, 2.75) is 12.6 Å². The molecule has 2 aromatic carbocycles. The van der Waals surface area contributed by atoms with Crippen LogP contribution in [0.2, 0.25) is 0 Å². The highest BCUT2D eigenvalue weighted by molar-refractivity contribution is 5.33.